The first-order valence-corrected chi connectivity index (χ1v) is 10.9. The van der Waals surface area contributed by atoms with Gasteiger partial charge in [0, 0.05) is 32.4 Å². The third-order valence-electron chi connectivity index (χ3n) is 5.40. The highest BCUT2D eigenvalue weighted by Gasteiger charge is 2.27. The van der Waals surface area contributed by atoms with Crippen LogP contribution >= 0.6 is 0 Å². The van der Waals surface area contributed by atoms with Crippen LogP contribution in [0.1, 0.15) is 42.5 Å². The van der Waals surface area contributed by atoms with Crippen molar-refractivity contribution in [2.45, 2.75) is 45.1 Å². The molecule has 0 aromatic heterocycles. The molecule has 2 N–H and O–H groups in total. The first-order chi connectivity index (χ1) is 15.3. The fourth-order valence-electron chi connectivity index (χ4n) is 3.75. The zero-order valence-electron chi connectivity index (χ0n) is 18.6. The summed E-state index contributed by atoms with van der Waals surface area (Å²) in [5.74, 6) is 0.655. The average Bonchev–Trinajstić information content (AvgIpc) is 3.31. The molecule has 0 radical (unpaired) electrons. The van der Waals surface area contributed by atoms with Gasteiger partial charge in [0.2, 0.25) is 0 Å². The molecule has 1 aliphatic rings. The summed E-state index contributed by atoms with van der Waals surface area (Å²) >= 11 is 0. The molecule has 2 aromatic carbocycles. The Hall–Kier alpha value is -2.74. The van der Waals surface area contributed by atoms with Crippen molar-refractivity contribution in [1.82, 2.24) is 10.6 Å². The van der Waals surface area contributed by atoms with E-state index in [4.69, 9.17) is 4.74 Å². The molecule has 0 spiro atoms. The highest BCUT2D eigenvalue weighted by Crippen LogP contribution is 2.24. The summed E-state index contributed by atoms with van der Waals surface area (Å²) in [4.78, 5) is 6.71. The Balaban J connectivity index is 1.52. The number of anilines is 1. The molecule has 0 amide bonds. The molecule has 5 nitrogen and oxygen atoms in total. The van der Waals surface area contributed by atoms with Crippen LogP contribution in [0.15, 0.2) is 53.5 Å². The predicted molar refractivity (Wildman–Crippen MR) is 122 cm³/mol. The normalized spacial score (nSPS) is 15.7. The van der Waals surface area contributed by atoms with Crippen LogP contribution in [0.25, 0.3) is 0 Å². The molecule has 1 aliphatic heterocycles. The molecule has 8 heteroatoms. The van der Waals surface area contributed by atoms with Gasteiger partial charge in [-0.25, -0.2) is 0 Å². The Bertz CT molecular complexity index is 895. The molecule has 3 rings (SSSR count). The predicted octanol–water partition coefficient (Wildman–Crippen LogP) is 4.79. The fourth-order valence-corrected chi connectivity index (χ4v) is 3.75. The second-order valence-corrected chi connectivity index (χ2v) is 8.01. The maximum Gasteiger partial charge on any atom is 0.411 e. The number of hydrogen-bond acceptors (Lipinski definition) is 3. The summed E-state index contributed by atoms with van der Waals surface area (Å²) in [6.07, 6.45) is -1.84. The van der Waals surface area contributed by atoms with Gasteiger partial charge in [-0.2, -0.15) is 13.2 Å². The summed E-state index contributed by atoms with van der Waals surface area (Å²) in [5, 5.41) is 6.68. The van der Waals surface area contributed by atoms with Crippen LogP contribution in [0.2, 0.25) is 0 Å². The Labute approximate surface area is 187 Å². The molecule has 0 aliphatic carbocycles. The van der Waals surface area contributed by atoms with Crippen molar-refractivity contribution in [2.75, 3.05) is 31.6 Å². The standard InChI is InChI=1S/C24H31F3N4O/c1-18(21-9-6-10-22(14-21)31-11-3-4-12-31)30-23(28-2)29-15-19-7-5-8-20(13-19)16-32-17-24(25,26)27/h5-10,13-14,18H,3-4,11-12,15-17H2,1-2H3,(H2,28,29,30). The molecule has 1 saturated heterocycles. The van der Waals surface area contributed by atoms with Gasteiger partial charge in [-0.15, -0.1) is 0 Å². The van der Waals surface area contributed by atoms with E-state index in [0.29, 0.717) is 18.1 Å². The SMILES string of the molecule is CN=C(NCc1cccc(COCC(F)(F)F)c1)NC(C)c1cccc(N2CCCC2)c1. The minimum Gasteiger partial charge on any atom is -0.372 e. The van der Waals surface area contributed by atoms with Gasteiger partial charge in [-0.05, 0) is 48.6 Å². The van der Waals surface area contributed by atoms with Gasteiger partial charge in [0.1, 0.15) is 6.61 Å². The molecule has 0 saturated carbocycles. The third kappa shape index (κ3) is 7.44. The Morgan fingerprint density at radius 3 is 2.53 bits per heavy atom. The van der Waals surface area contributed by atoms with Crippen molar-refractivity contribution in [3.8, 4) is 0 Å². The van der Waals surface area contributed by atoms with Gasteiger partial charge >= 0.3 is 6.18 Å². The Morgan fingerprint density at radius 1 is 1.09 bits per heavy atom. The molecule has 32 heavy (non-hydrogen) atoms. The van der Waals surface area contributed by atoms with Crippen molar-refractivity contribution in [3.63, 3.8) is 0 Å². The second kappa shape index (κ2) is 11.2. The minimum atomic E-state index is -4.32. The molecule has 174 valence electrons. The highest BCUT2D eigenvalue weighted by atomic mass is 19.4. The largest absolute Gasteiger partial charge is 0.411 e. The van der Waals surface area contributed by atoms with Gasteiger partial charge < -0.3 is 20.3 Å². The molecular weight excluding hydrogens is 417 g/mol. The molecule has 1 heterocycles. The van der Waals surface area contributed by atoms with Crippen molar-refractivity contribution in [1.29, 1.82) is 0 Å². The smallest absolute Gasteiger partial charge is 0.372 e. The van der Waals surface area contributed by atoms with E-state index >= 15 is 0 Å². The van der Waals surface area contributed by atoms with Crippen molar-refractivity contribution in [3.05, 3.63) is 65.2 Å². The number of rotatable bonds is 8. The van der Waals surface area contributed by atoms with Gasteiger partial charge in [0.05, 0.1) is 12.6 Å². The number of halogens is 3. The van der Waals surface area contributed by atoms with E-state index in [1.54, 1.807) is 13.1 Å². The van der Waals surface area contributed by atoms with E-state index in [-0.39, 0.29) is 12.6 Å². The van der Waals surface area contributed by atoms with Gasteiger partial charge in [0.25, 0.3) is 0 Å². The Morgan fingerprint density at radius 2 is 1.81 bits per heavy atom. The molecule has 1 unspecified atom stereocenters. The van der Waals surface area contributed by atoms with Crippen LogP contribution in [-0.2, 0) is 17.9 Å². The lowest BCUT2D eigenvalue weighted by atomic mass is 10.1. The van der Waals surface area contributed by atoms with Crippen LogP contribution in [0.4, 0.5) is 18.9 Å². The van der Waals surface area contributed by atoms with Crippen molar-refractivity contribution >= 4 is 11.6 Å². The maximum atomic E-state index is 12.3. The number of benzene rings is 2. The molecular formula is C24H31F3N4O. The molecule has 1 atom stereocenters. The van der Waals surface area contributed by atoms with Gasteiger partial charge in [0.15, 0.2) is 5.96 Å². The molecule has 0 bridgehead atoms. The molecule has 2 aromatic rings. The van der Waals surface area contributed by atoms with E-state index in [2.05, 4.69) is 51.7 Å². The number of guanidine groups is 1. The van der Waals surface area contributed by atoms with Crippen LogP contribution in [-0.4, -0.2) is 38.9 Å². The monoisotopic (exact) mass is 448 g/mol. The lowest BCUT2D eigenvalue weighted by molar-refractivity contribution is -0.176. The number of alkyl halides is 3. The number of hydrogen-bond donors (Lipinski definition) is 2. The average molecular weight is 449 g/mol. The fraction of sp³-hybridized carbons (Fsp3) is 0.458. The van der Waals surface area contributed by atoms with Gasteiger partial charge in [-0.1, -0.05) is 36.4 Å². The van der Waals surface area contributed by atoms with Crippen LogP contribution in [0.3, 0.4) is 0 Å². The van der Waals surface area contributed by atoms with E-state index in [1.165, 1.54) is 24.1 Å². The van der Waals surface area contributed by atoms with Crippen LogP contribution < -0.4 is 15.5 Å². The van der Waals surface area contributed by atoms with E-state index < -0.39 is 12.8 Å². The topological polar surface area (TPSA) is 48.9 Å². The second-order valence-electron chi connectivity index (χ2n) is 8.01. The summed E-state index contributed by atoms with van der Waals surface area (Å²) in [7, 11) is 1.71. The minimum absolute atomic E-state index is 0.0610. The van der Waals surface area contributed by atoms with Crippen LogP contribution in [0, 0.1) is 0 Å². The summed E-state index contributed by atoms with van der Waals surface area (Å²) < 4.78 is 41.5. The lowest BCUT2D eigenvalue weighted by Crippen LogP contribution is -2.38. The maximum absolute atomic E-state index is 12.3. The molecule has 1 fully saturated rings. The zero-order chi connectivity index (χ0) is 23.0. The number of aliphatic imine (C=N–C) groups is 1. The summed E-state index contributed by atoms with van der Waals surface area (Å²) in [6.45, 7) is 3.47. The van der Waals surface area contributed by atoms with Gasteiger partial charge in [-0.3, -0.25) is 4.99 Å². The number of nitrogens with one attached hydrogen (secondary N) is 2. The van der Waals surface area contributed by atoms with E-state index in [0.717, 1.165) is 18.7 Å². The highest BCUT2D eigenvalue weighted by molar-refractivity contribution is 5.80. The Kier molecular flexibility index (Phi) is 8.39. The quantitative estimate of drug-likeness (QED) is 0.450. The lowest BCUT2D eigenvalue weighted by Gasteiger charge is -2.22. The van der Waals surface area contributed by atoms with E-state index in [9.17, 15) is 13.2 Å². The first-order valence-electron chi connectivity index (χ1n) is 10.9. The van der Waals surface area contributed by atoms with E-state index in [1.807, 2.05) is 18.2 Å². The summed E-state index contributed by atoms with van der Waals surface area (Å²) in [5.41, 5.74) is 4.07. The number of nitrogens with zero attached hydrogens (tertiary/aromatic N) is 2. The first kappa shape index (κ1) is 23.9. The van der Waals surface area contributed by atoms with Crippen molar-refractivity contribution < 1.29 is 17.9 Å². The zero-order valence-corrected chi connectivity index (χ0v) is 18.6. The van der Waals surface area contributed by atoms with Crippen molar-refractivity contribution in [2.24, 2.45) is 4.99 Å². The number of ether oxygens (including phenoxy) is 1. The summed E-state index contributed by atoms with van der Waals surface area (Å²) in [6, 6.07) is 15.9. The third-order valence-corrected chi connectivity index (χ3v) is 5.40. The van der Waals surface area contributed by atoms with Crippen LogP contribution in [0.5, 0.6) is 0 Å².